The summed E-state index contributed by atoms with van der Waals surface area (Å²) in [6.07, 6.45) is 3.91. The Hall–Kier alpha value is -2.77. The van der Waals surface area contributed by atoms with Gasteiger partial charge in [0, 0.05) is 37.0 Å². The molecule has 0 saturated heterocycles. The van der Waals surface area contributed by atoms with Crippen molar-refractivity contribution in [1.82, 2.24) is 14.9 Å². The van der Waals surface area contributed by atoms with Crippen LogP contribution in [0.3, 0.4) is 0 Å². The number of nitrogens with one attached hydrogen (secondary N) is 1. The monoisotopic (exact) mass is 368 g/mol. The third-order valence-electron chi connectivity index (χ3n) is 4.05. The summed E-state index contributed by atoms with van der Waals surface area (Å²) in [7, 11) is 1.72. The highest BCUT2D eigenvalue weighted by Gasteiger charge is 2.22. The molecule has 0 aliphatic heterocycles. The molecule has 2 N–H and O–H groups in total. The van der Waals surface area contributed by atoms with Crippen LogP contribution in [-0.4, -0.2) is 39.7 Å². The van der Waals surface area contributed by atoms with E-state index in [-0.39, 0.29) is 18.7 Å². The molecule has 26 heavy (non-hydrogen) atoms. The predicted octanol–water partition coefficient (Wildman–Crippen LogP) is 3.79. The van der Waals surface area contributed by atoms with Gasteiger partial charge in [-0.1, -0.05) is 30.3 Å². The number of thiazole rings is 1. The number of hydrogen-bond donors (Lipinski definition) is 2. The zero-order chi connectivity index (χ0) is 18.4. The number of benzene rings is 1. The van der Waals surface area contributed by atoms with Crippen molar-refractivity contribution < 1.29 is 9.90 Å². The Bertz CT molecular complexity index is 839. The van der Waals surface area contributed by atoms with E-state index >= 15 is 0 Å². The van der Waals surface area contributed by atoms with Gasteiger partial charge in [0.05, 0.1) is 11.7 Å². The number of pyridine rings is 1. The minimum Gasteiger partial charge on any atom is -0.396 e. The van der Waals surface area contributed by atoms with Gasteiger partial charge in [0.15, 0.2) is 5.13 Å². The summed E-state index contributed by atoms with van der Waals surface area (Å²) < 4.78 is 0. The topological polar surface area (TPSA) is 78.4 Å². The predicted molar refractivity (Wildman–Crippen MR) is 103 cm³/mol. The Morgan fingerprint density at radius 3 is 2.77 bits per heavy atom. The van der Waals surface area contributed by atoms with Crippen LogP contribution >= 0.6 is 11.3 Å². The summed E-state index contributed by atoms with van der Waals surface area (Å²) >= 11 is 1.36. The molecule has 7 heteroatoms. The molecule has 0 bridgehead atoms. The SMILES string of the molecule is CN(C(=O)Nc1nc(-c2cccnc2)cs1)[C@@H](CCO)c1ccccc1. The summed E-state index contributed by atoms with van der Waals surface area (Å²) in [6, 6.07) is 13.0. The molecule has 2 aromatic heterocycles. The highest BCUT2D eigenvalue weighted by atomic mass is 32.1. The second-order valence-electron chi connectivity index (χ2n) is 5.76. The maximum Gasteiger partial charge on any atom is 0.323 e. The number of aromatic nitrogens is 2. The lowest BCUT2D eigenvalue weighted by Crippen LogP contribution is -2.35. The van der Waals surface area contributed by atoms with Crippen molar-refractivity contribution in [1.29, 1.82) is 0 Å². The smallest absolute Gasteiger partial charge is 0.323 e. The molecule has 0 saturated carbocycles. The lowest BCUT2D eigenvalue weighted by molar-refractivity contribution is 0.184. The van der Waals surface area contributed by atoms with Gasteiger partial charge in [0.1, 0.15) is 0 Å². The molecule has 1 aromatic carbocycles. The molecule has 0 radical (unpaired) electrons. The van der Waals surface area contributed by atoms with Crippen molar-refractivity contribution >= 4 is 22.5 Å². The third kappa shape index (κ3) is 4.25. The molecule has 2 heterocycles. The Kier molecular flexibility index (Phi) is 5.93. The number of amides is 2. The van der Waals surface area contributed by atoms with Gasteiger partial charge in [-0.25, -0.2) is 9.78 Å². The first-order chi connectivity index (χ1) is 12.7. The molecular weight excluding hydrogens is 348 g/mol. The van der Waals surface area contributed by atoms with E-state index in [1.54, 1.807) is 24.3 Å². The number of aliphatic hydroxyl groups excluding tert-OH is 1. The van der Waals surface area contributed by atoms with E-state index in [2.05, 4.69) is 15.3 Å². The van der Waals surface area contributed by atoms with Gasteiger partial charge in [0.25, 0.3) is 0 Å². The molecular formula is C19H20N4O2S. The van der Waals surface area contributed by atoms with Crippen LogP contribution < -0.4 is 5.32 Å². The summed E-state index contributed by atoms with van der Waals surface area (Å²) in [6.45, 7) is -0.000408. The molecule has 6 nitrogen and oxygen atoms in total. The highest BCUT2D eigenvalue weighted by Crippen LogP contribution is 2.26. The lowest BCUT2D eigenvalue weighted by Gasteiger charge is -2.28. The van der Waals surface area contributed by atoms with E-state index in [0.717, 1.165) is 16.8 Å². The quantitative estimate of drug-likeness (QED) is 0.694. The van der Waals surface area contributed by atoms with Gasteiger partial charge < -0.3 is 10.0 Å². The first-order valence-electron chi connectivity index (χ1n) is 8.24. The normalized spacial score (nSPS) is 11.8. The van der Waals surface area contributed by atoms with E-state index < -0.39 is 0 Å². The van der Waals surface area contributed by atoms with Crippen molar-refractivity contribution in [3.8, 4) is 11.3 Å². The zero-order valence-corrected chi connectivity index (χ0v) is 15.2. The summed E-state index contributed by atoms with van der Waals surface area (Å²) in [5.41, 5.74) is 2.66. The van der Waals surface area contributed by atoms with Crippen LogP contribution in [0.1, 0.15) is 18.0 Å². The van der Waals surface area contributed by atoms with Crippen LogP contribution in [0.5, 0.6) is 0 Å². The zero-order valence-electron chi connectivity index (χ0n) is 14.4. The minimum atomic E-state index is -0.264. The Labute approximate surface area is 156 Å². The average molecular weight is 368 g/mol. The fourth-order valence-electron chi connectivity index (χ4n) is 2.68. The minimum absolute atomic E-state index is 0.000408. The molecule has 134 valence electrons. The molecule has 0 aliphatic rings. The van der Waals surface area contributed by atoms with Crippen LogP contribution in [0.4, 0.5) is 9.93 Å². The van der Waals surface area contributed by atoms with Gasteiger partial charge in [-0.15, -0.1) is 11.3 Å². The third-order valence-corrected chi connectivity index (χ3v) is 4.81. The van der Waals surface area contributed by atoms with Crippen LogP contribution in [0, 0.1) is 0 Å². The van der Waals surface area contributed by atoms with E-state index in [4.69, 9.17) is 0 Å². The van der Waals surface area contributed by atoms with Crippen LogP contribution in [0.25, 0.3) is 11.3 Å². The number of anilines is 1. The fraction of sp³-hybridized carbons (Fsp3) is 0.211. The summed E-state index contributed by atoms with van der Waals surface area (Å²) in [5, 5.41) is 14.6. The molecule has 3 rings (SSSR count). The van der Waals surface area contributed by atoms with Crippen molar-refractivity contribution in [2.45, 2.75) is 12.5 Å². The molecule has 0 aliphatic carbocycles. The highest BCUT2D eigenvalue weighted by molar-refractivity contribution is 7.14. The van der Waals surface area contributed by atoms with Crippen molar-refractivity contribution in [3.63, 3.8) is 0 Å². The maximum atomic E-state index is 12.6. The average Bonchev–Trinajstić information content (AvgIpc) is 3.15. The summed E-state index contributed by atoms with van der Waals surface area (Å²) in [4.78, 5) is 22.8. The number of aliphatic hydroxyl groups is 1. The number of rotatable bonds is 6. The Morgan fingerprint density at radius 2 is 2.08 bits per heavy atom. The first kappa shape index (κ1) is 18.0. The Balaban J connectivity index is 1.71. The number of carbonyl (C=O) groups excluding carboxylic acids is 1. The van der Waals surface area contributed by atoms with Gasteiger partial charge in [0.2, 0.25) is 0 Å². The molecule has 0 spiro atoms. The van der Waals surface area contributed by atoms with Gasteiger partial charge in [-0.2, -0.15) is 0 Å². The molecule has 2 amide bonds. The van der Waals surface area contributed by atoms with Crippen LogP contribution in [0.2, 0.25) is 0 Å². The molecule has 0 fully saturated rings. The van der Waals surface area contributed by atoms with Gasteiger partial charge in [-0.05, 0) is 24.1 Å². The van der Waals surface area contributed by atoms with Crippen molar-refractivity contribution in [2.75, 3.05) is 19.0 Å². The van der Waals surface area contributed by atoms with E-state index in [9.17, 15) is 9.90 Å². The second-order valence-corrected chi connectivity index (χ2v) is 6.62. The number of nitrogens with zero attached hydrogens (tertiary/aromatic N) is 3. The van der Waals surface area contributed by atoms with Gasteiger partial charge in [-0.3, -0.25) is 10.3 Å². The van der Waals surface area contributed by atoms with E-state index in [0.29, 0.717) is 11.6 Å². The van der Waals surface area contributed by atoms with Crippen molar-refractivity contribution in [3.05, 3.63) is 65.8 Å². The van der Waals surface area contributed by atoms with E-state index in [1.165, 1.54) is 11.3 Å². The summed E-state index contributed by atoms with van der Waals surface area (Å²) in [5.74, 6) is 0. The number of urea groups is 1. The molecule has 3 aromatic rings. The van der Waals surface area contributed by atoms with Crippen LogP contribution in [0.15, 0.2) is 60.2 Å². The largest absolute Gasteiger partial charge is 0.396 e. The maximum absolute atomic E-state index is 12.6. The van der Waals surface area contributed by atoms with Crippen LogP contribution in [-0.2, 0) is 0 Å². The Morgan fingerprint density at radius 1 is 1.27 bits per heavy atom. The van der Waals surface area contributed by atoms with E-state index in [1.807, 2.05) is 47.8 Å². The second kappa shape index (κ2) is 8.55. The number of carbonyl (C=O) groups is 1. The van der Waals surface area contributed by atoms with Gasteiger partial charge >= 0.3 is 6.03 Å². The lowest BCUT2D eigenvalue weighted by atomic mass is 10.0. The molecule has 0 unspecified atom stereocenters. The standard InChI is InChI=1S/C19H20N4O2S/c1-23(17(9-11-24)14-6-3-2-4-7-14)19(25)22-18-21-16(13-26-18)15-8-5-10-20-12-15/h2-8,10,12-13,17,24H,9,11H2,1H3,(H,21,22,25)/t17-/m0/s1. The fourth-order valence-corrected chi connectivity index (χ4v) is 3.39. The van der Waals surface area contributed by atoms with Crippen molar-refractivity contribution in [2.24, 2.45) is 0 Å². The first-order valence-corrected chi connectivity index (χ1v) is 9.12. The molecule has 1 atom stereocenters. The number of hydrogen-bond acceptors (Lipinski definition) is 5.